The number of nitrogens with zero attached hydrogens (tertiary/aromatic N) is 2. The van der Waals surface area contributed by atoms with E-state index in [9.17, 15) is 4.79 Å². The predicted octanol–water partition coefficient (Wildman–Crippen LogP) is 4.89. The van der Waals surface area contributed by atoms with Gasteiger partial charge in [0.05, 0.1) is 29.7 Å². The summed E-state index contributed by atoms with van der Waals surface area (Å²) in [7, 11) is 1.57. The highest BCUT2D eigenvalue weighted by molar-refractivity contribution is 5.97. The van der Waals surface area contributed by atoms with Crippen molar-refractivity contribution < 1.29 is 9.53 Å². The summed E-state index contributed by atoms with van der Waals surface area (Å²) in [6, 6.07) is 23.5. The molecule has 5 heteroatoms. The topological polar surface area (TPSA) is 56.1 Å². The van der Waals surface area contributed by atoms with Crippen LogP contribution in [0.5, 0.6) is 5.75 Å². The molecule has 1 N–H and O–H groups in total. The van der Waals surface area contributed by atoms with Gasteiger partial charge in [0.15, 0.2) is 0 Å². The van der Waals surface area contributed by atoms with Crippen molar-refractivity contribution in [2.45, 2.75) is 26.4 Å². The van der Waals surface area contributed by atoms with Crippen molar-refractivity contribution in [3.05, 3.63) is 95.3 Å². The molecule has 4 aromatic rings. The minimum absolute atomic E-state index is 0.186. The largest absolute Gasteiger partial charge is 0.496 e. The molecule has 1 aromatic heterocycles. The van der Waals surface area contributed by atoms with E-state index in [0.29, 0.717) is 17.9 Å². The molecule has 1 heterocycles. The molecule has 5 nitrogen and oxygen atoms in total. The standard InChI is InChI=1S/C25H25N3O2/c1-17-12-14-19(15-13-17)16-28-22-10-6-5-9-21(22)27-24(28)18(2)26-25(29)20-8-4-7-11-23(20)30-3/h4-15,18H,16H2,1-3H3,(H,26,29). The fraction of sp³-hybridized carbons (Fsp3) is 0.200. The molecule has 0 spiro atoms. The van der Waals surface area contributed by atoms with Crippen LogP contribution in [0.4, 0.5) is 0 Å². The third-order valence-electron chi connectivity index (χ3n) is 5.23. The molecule has 0 bridgehead atoms. The molecule has 0 fully saturated rings. The molecule has 0 radical (unpaired) electrons. The van der Waals surface area contributed by atoms with Crippen molar-refractivity contribution in [2.24, 2.45) is 0 Å². The van der Waals surface area contributed by atoms with Gasteiger partial charge in [0, 0.05) is 6.54 Å². The van der Waals surface area contributed by atoms with Crippen LogP contribution < -0.4 is 10.1 Å². The number of hydrogen-bond donors (Lipinski definition) is 1. The number of fused-ring (bicyclic) bond motifs is 1. The second-order valence-electron chi connectivity index (χ2n) is 7.43. The zero-order valence-electron chi connectivity index (χ0n) is 17.4. The summed E-state index contributed by atoms with van der Waals surface area (Å²) >= 11 is 0. The number of imidazole rings is 1. The van der Waals surface area contributed by atoms with Gasteiger partial charge in [-0.25, -0.2) is 4.98 Å². The quantitative estimate of drug-likeness (QED) is 0.502. The van der Waals surface area contributed by atoms with E-state index in [1.807, 2.05) is 37.3 Å². The highest BCUT2D eigenvalue weighted by Crippen LogP contribution is 2.24. The maximum Gasteiger partial charge on any atom is 0.255 e. The van der Waals surface area contributed by atoms with Crippen LogP contribution in [0.2, 0.25) is 0 Å². The first-order valence-corrected chi connectivity index (χ1v) is 10.0. The third-order valence-corrected chi connectivity index (χ3v) is 5.23. The number of benzene rings is 3. The Bertz CT molecular complexity index is 1180. The lowest BCUT2D eigenvalue weighted by atomic mass is 10.1. The average molecular weight is 399 g/mol. The maximum absolute atomic E-state index is 12.9. The first-order valence-electron chi connectivity index (χ1n) is 10.0. The molecule has 1 amide bonds. The molecule has 1 unspecified atom stereocenters. The van der Waals surface area contributed by atoms with Gasteiger partial charge in [-0.3, -0.25) is 4.79 Å². The minimum atomic E-state index is -0.278. The number of rotatable bonds is 6. The lowest BCUT2D eigenvalue weighted by Gasteiger charge is -2.17. The lowest BCUT2D eigenvalue weighted by Crippen LogP contribution is -2.29. The van der Waals surface area contributed by atoms with Crippen LogP contribution in [0.3, 0.4) is 0 Å². The number of amides is 1. The van der Waals surface area contributed by atoms with E-state index in [4.69, 9.17) is 9.72 Å². The average Bonchev–Trinajstić information content (AvgIpc) is 3.14. The van der Waals surface area contributed by atoms with Gasteiger partial charge in [-0.05, 0) is 43.7 Å². The first kappa shape index (κ1) is 19.7. The lowest BCUT2D eigenvalue weighted by molar-refractivity contribution is 0.0934. The Morgan fingerprint density at radius 3 is 2.50 bits per heavy atom. The second-order valence-corrected chi connectivity index (χ2v) is 7.43. The van der Waals surface area contributed by atoms with E-state index in [-0.39, 0.29) is 11.9 Å². The van der Waals surface area contributed by atoms with Gasteiger partial charge < -0.3 is 14.6 Å². The van der Waals surface area contributed by atoms with Gasteiger partial charge >= 0.3 is 0 Å². The van der Waals surface area contributed by atoms with Crippen LogP contribution in [-0.2, 0) is 6.54 Å². The van der Waals surface area contributed by atoms with Gasteiger partial charge in [-0.2, -0.15) is 0 Å². The minimum Gasteiger partial charge on any atom is -0.496 e. The maximum atomic E-state index is 12.9. The summed E-state index contributed by atoms with van der Waals surface area (Å²) in [5.74, 6) is 1.18. The van der Waals surface area contributed by atoms with Crippen LogP contribution >= 0.6 is 0 Å². The molecule has 0 aliphatic heterocycles. The van der Waals surface area contributed by atoms with Crippen molar-refractivity contribution in [1.29, 1.82) is 0 Å². The number of ether oxygens (including phenoxy) is 1. The van der Waals surface area contributed by atoms with Gasteiger partial charge in [0.25, 0.3) is 5.91 Å². The number of aryl methyl sites for hydroxylation is 1. The van der Waals surface area contributed by atoms with Crippen molar-refractivity contribution >= 4 is 16.9 Å². The predicted molar refractivity (Wildman–Crippen MR) is 119 cm³/mol. The highest BCUT2D eigenvalue weighted by atomic mass is 16.5. The molecule has 0 saturated carbocycles. The van der Waals surface area contributed by atoms with E-state index in [1.165, 1.54) is 11.1 Å². The van der Waals surface area contributed by atoms with E-state index in [0.717, 1.165) is 16.9 Å². The molecule has 1 atom stereocenters. The Balaban J connectivity index is 1.67. The van der Waals surface area contributed by atoms with Gasteiger partial charge in [-0.15, -0.1) is 0 Å². The molecule has 3 aromatic carbocycles. The number of para-hydroxylation sites is 3. The Morgan fingerprint density at radius 1 is 1.03 bits per heavy atom. The summed E-state index contributed by atoms with van der Waals surface area (Å²) in [5, 5.41) is 3.08. The zero-order valence-corrected chi connectivity index (χ0v) is 17.4. The van der Waals surface area contributed by atoms with Crippen molar-refractivity contribution in [3.63, 3.8) is 0 Å². The smallest absolute Gasteiger partial charge is 0.255 e. The van der Waals surface area contributed by atoms with Crippen molar-refractivity contribution in [2.75, 3.05) is 7.11 Å². The molecule has 0 aliphatic rings. The van der Waals surface area contributed by atoms with Gasteiger partial charge in [0.1, 0.15) is 11.6 Å². The number of aromatic nitrogens is 2. The molecule has 152 valence electrons. The zero-order chi connectivity index (χ0) is 21.1. The molecular formula is C25H25N3O2. The Kier molecular flexibility index (Phi) is 5.53. The SMILES string of the molecule is COc1ccccc1C(=O)NC(C)c1nc2ccccc2n1Cc1ccc(C)cc1. The highest BCUT2D eigenvalue weighted by Gasteiger charge is 2.20. The Morgan fingerprint density at radius 2 is 1.73 bits per heavy atom. The van der Waals surface area contributed by atoms with Crippen LogP contribution in [0.15, 0.2) is 72.8 Å². The fourth-order valence-corrected chi connectivity index (χ4v) is 3.64. The summed E-state index contributed by atoms with van der Waals surface area (Å²) in [6.45, 7) is 4.72. The van der Waals surface area contributed by atoms with Gasteiger partial charge in [-0.1, -0.05) is 54.1 Å². The monoisotopic (exact) mass is 399 g/mol. The molecule has 30 heavy (non-hydrogen) atoms. The van der Waals surface area contributed by atoms with E-state index in [1.54, 1.807) is 19.2 Å². The summed E-state index contributed by atoms with van der Waals surface area (Å²) in [5.41, 5.74) is 4.89. The number of nitrogens with one attached hydrogen (secondary N) is 1. The normalized spacial score (nSPS) is 12.0. The molecule has 4 rings (SSSR count). The molecular weight excluding hydrogens is 374 g/mol. The fourth-order valence-electron chi connectivity index (χ4n) is 3.64. The van der Waals surface area contributed by atoms with Crippen LogP contribution in [0, 0.1) is 6.92 Å². The van der Waals surface area contributed by atoms with E-state index >= 15 is 0 Å². The summed E-state index contributed by atoms with van der Waals surface area (Å²) < 4.78 is 7.51. The van der Waals surface area contributed by atoms with E-state index < -0.39 is 0 Å². The number of hydrogen-bond acceptors (Lipinski definition) is 3. The first-order chi connectivity index (χ1) is 14.6. The van der Waals surface area contributed by atoms with Crippen LogP contribution in [-0.4, -0.2) is 22.6 Å². The number of carbonyl (C=O) groups is 1. The Hall–Kier alpha value is -3.60. The van der Waals surface area contributed by atoms with Crippen LogP contribution in [0.1, 0.15) is 40.3 Å². The Labute approximate surface area is 176 Å². The van der Waals surface area contributed by atoms with Gasteiger partial charge in [0.2, 0.25) is 0 Å². The van der Waals surface area contributed by atoms with E-state index in [2.05, 4.69) is 47.1 Å². The number of methoxy groups -OCH3 is 1. The third kappa shape index (κ3) is 3.92. The van der Waals surface area contributed by atoms with Crippen molar-refractivity contribution in [1.82, 2.24) is 14.9 Å². The van der Waals surface area contributed by atoms with Crippen LogP contribution in [0.25, 0.3) is 11.0 Å². The summed E-state index contributed by atoms with van der Waals surface area (Å²) in [4.78, 5) is 17.7. The number of carbonyl (C=O) groups excluding carboxylic acids is 1. The van der Waals surface area contributed by atoms with Crippen molar-refractivity contribution in [3.8, 4) is 5.75 Å². The molecule has 0 aliphatic carbocycles. The summed E-state index contributed by atoms with van der Waals surface area (Å²) in [6.07, 6.45) is 0. The molecule has 0 saturated heterocycles. The second kappa shape index (κ2) is 8.41.